The van der Waals surface area contributed by atoms with Crippen molar-refractivity contribution in [3.05, 3.63) is 34.0 Å². The highest BCUT2D eigenvalue weighted by atomic mass is 16.3. The Labute approximate surface area is 122 Å². The Morgan fingerprint density at radius 3 is 2.71 bits per heavy atom. The molecule has 1 heterocycles. The van der Waals surface area contributed by atoms with E-state index in [1.54, 1.807) is 0 Å². The first-order valence-corrected chi connectivity index (χ1v) is 6.89. The fourth-order valence-electron chi connectivity index (χ4n) is 2.84. The fraction of sp³-hybridized carbons (Fsp3) is 0.571. The highest BCUT2D eigenvalue weighted by Gasteiger charge is 2.36. The van der Waals surface area contributed by atoms with Gasteiger partial charge in [-0.1, -0.05) is 6.08 Å². The zero-order valence-corrected chi connectivity index (χ0v) is 12.3. The number of aromatic nitrogens is 2. The predicted octanol–water partition coefficient (Wildman–Crippen LogP) is -1.50. The van der Waals surface area contributed by atoms with E-state index in [4.69, 9.17) is 5.11 Å². The summed E-state index contributed by atoms with van der Waals surface area (Å²) in [4.78, 5) is 18.5. The van der Waals surface area contributed by atoms with Crippen molar-refractivity contribution in [1.82, 2.24) is 9.97 Å². The Balaban J connectivity index is 2.23. The van der Waals surface area contributed by atoms with E-state index in [2.05, 4.69) is 9.97 Å². The number of aromatic amines is 1. The molecule has 0 fully saturated rings. The Kier molecular flexibility index (Phi) is 4.58. The van der Waals surface area contributed by atoms with Gasteiger partial charge in [-0.15, -0.1) is 0 Å². The van der Waals surface area contributed by atoms with E-state index >= 15 is 0 Å². The summed E-state index contributed by atoms with van der Waals surface area (Å²) in [5, 5.41) is 28.5. The van der Waals surface area contributed by atoms with Crippen molar-refractivity contribution in [3.8, 4) is 0 Å². The minimum atomic E-state index is -1.00. The van der Waals surface area contributed by atoms with Crippen LogP contribution >= 0.6 is 0 Å². The summed E-state index contributed by atoms with van der Waals surface area (Å²) in [7, 11) is 3.73. The van der Waals surface area contributed by atoms with Crippen molar-refractivity contribution in [3.63, 3.8) is 0 Å². The Hall–Kier alpha value is -1.54. The van der Waals surface area contributed by atoms with E-state index in [0.717, 1.165) is 5.57 Å². The molecule has 0 saturated carbocycles. The Bertz CT molecular complexity index is 594. The molecule has 4 N–H and O–H groups in total. The van der Waals surface area contributed by atoms with Gasteiger partial charge >= 0.3 is 0 Å². The average molecular weight is 296 g/mol. The topological polar surface area (TPSA) is 106 Å². The van der Waals surface area contributed by atoms with Crippen molar-refractivity contribution < 1.29 is 19.8 Å². The largest absolute Gasteiger partial charge is 0.393 e. The number of nitrogens with one attached hydrogen (secondary N) is 1. The molecule has 0 bridgehead atoms. The minimum absolute atomic E-state index is 0.134. The minimum Gasteiger partial charge on any atom is -0.393 e. The van der Waals surface area contributed by atoms with Crippen LogP contribution in [0, 0.1) is 0 Å². The van der Waals surface area contributed by atoms with Crippen molar-refractivity contribution >= 4 is 5.57 Å². The number of allylic oxidation sites excluding steroid dienone is 1. The number of aliphatic hydroxyl groups excluding tert-OH is 3. The van der Waals surface area contributed by atoms with Crippen LogP contribution in [0.2, 0.25) is 0 Å². The van der Waals surface area contributed by atoms with Gasteiger partial charge in [-0.2, -0.15) is 0 Å². The molecular formula is C14H22N3O4+. The van der Waals surface area contributed by atoms with Gasteiger partial charge in [-0.25, -0.2) is 4.98 Å². The standard InChI is InChI=1S/C14H21N3O4/c1-17(2,11(6-18)12(20)7-19)5-9-3-4-10-13(9)15-8-16-14(10)21/h3,8,11-12,18-20H,4-7H2,1-2H3/p+1/t11-,12-/m1/s1. The van der Waals surface area contributed by atoms with Gasteiger partial charge in [0.1, 0.15) is 18.7 Å². The molecule has 0 aliphatic heterocycles. The van der Waals surface area contributed by atoms with Crippen LogP contribution < -0.4 is 5.56 Å². The molecule has 1 aromatic rings. The number of hydrogen-bond acceptors (Lipinski definition) is 5. The Morgan fingerprint density at radius 1 is 1.38 bits per heavy atom. The van der Waals surface area contributed by atoms with Crippen LogP contribution in [-0.4, -0.2) is 75.8 Å². The van der Waals surface area contributed by atoms with E-state index in [1.807, 2.05) is 20.2 Å². The molecule has 0 aromatic carbocycles. The number of aliphatic hydroxyl groups is 3. The summed E-state index contributed by atoms with van der Waals surface area (Å²) in [6, 6.07) is -0.512. The smallest absolute Gasteiger partial charge is 0.254 e. The second-order valence-electron chi connectivity index (χ2n) is 5.93. The van der Waals surface area contributed by atoms with Gasteiger partial charge in [-0.05, 0) is 6.42 Å². The van der Waals surface area contributed by atoms with E-state index in [0.29, 0.717) is 24.2 Å². The van der Waals surface area contributed by atoms with Gasteiger partial charge in [0.15, 0.2) is 0 Å². The molecule has 0 saturated heterocycles. The molecule has 116 valence electrons. The number of nitrogens with zero attached hydrogens (tertiary/aromatic N) is 2. The van der Waals surface area contributed by atoms with Crippen LogP contribution in [0.4, 0.5) is 0 Å². The second kappa shape index (κ2) is 6.07. The maximum atomic E-state index is 11.7. The SMILES string of the molecule is C[N+](C)(CC1=CCc2c1nc[nH]c2=O)[C@H](CO)[C@H](O)CO. The lowest BCUT2D eigenvalue weighted by Gasteiger charge is -2.39. The molecule has 2 rings (SSSR count). The molecule has 0 unspecified atom stereocenters. The highest BCUT2D eigenvalue weighted by Crippen LogP contribution is 2.26. The first-order chi connectivity index (χ1) is 9.90. The lowest BCUT2D eigenvalue weighted by Crippen LogP contribution is -2.57. The van der Waals surface area contributed by atoms with Gasteiger partial charge < -0.3 is 24.8 Å². The van der Waals surface area contributed by atoms with E-state index < -0.39 is 18.8 Å². The van der Waals surface area contributed by atoms with Crippen molar-refractivity contribution in [2.75, 3.05) is 33.9 Å². The zero-order valence-electron chi connectivity index (χ0n) is 12.3. The monoisotopic (exact) mass is 296 g/mol. The van der Waals surface area contributed by atoms with Gasteiger partial charge in [0.2, 0.25) is 0 Å². The maximum absolute atomic E-state index is 11.7. The van der Waals surface area contributed by atoms with Crippen LogP contribution in [0.25, 0.3) is 5.57 Å². The number of quaternary nitrogens is 1. The summed E-state index contributed by atoms with van der Waals surface area (Å²) in [6.07, 6.45) is 2.87. The van der Waals surface area contributed by atoms with Crippen molar-refractivity contribution in [2.24, 2.45) is 0 Å². The van der Waals surface area contributed by atoms with Gasteiger partial charge in [0.25, 0.3) is 5.56 Å². The van der Waals surface area contributed by atoms with E-state index in [9.17, 15) is 15.0 Å². The first kappa shape index (κ1) is 15.8. The second-order valence-corrected chi connectivity index (χ2v) is 5.93. The molecule has 0 radical (unpaired) electrons. The lowest BCUT2D eigenvalue weighted by molar-refractivity contribution is -0.912. The summed E-state index contributed by atoms with van der Waals surface area (Å²) in [5.41, 5.74) is 2.12. The summed E-state index contributed by atoms with van der Waals surface area (Å²) in [6.45, 7) is -0.135. The number of fused-ring (bicyclic) bond motifs is 1. The van der Waals surface area contributed by atoms with Crippen LogP contribution in [-0.2, 0) is 6.42 Å². The molecule has 0 spiro atoms. The third-order valence-corrected chi connectivity index (χ3v) is 4.10. The fourth-order valence-corrected chi connectivity index (χ4v) is 2.84. The summed E-state index contributed by atoms with van der Waals surface area (Å²) >= 11 is 0. The number of likely N-dealkylation sites (N-methyl/N-ethyl adjacent to an activating group) is 1. The third kappa shape index (κ3) is 3.06. The molecule has 0 amide bonds. The molecule has 7 nitrogen and oxygen atoms in total. The number of hydrogen-bond donors (Lipinski definition) is 4. The molecular weight excluding hydrogens is 274 g/mol. The van der Waals surface area contributed by atoms with Crippen LogP contribution in [0.3, 0.4) is 0 Å². The maximum Gasteiger partial charge on any atom is 0.254 e. The molecule has 7 heteroatoms. The Morgan fingerprint density at radius 2 is 2.10 bits per heavy atom. The average Bonchev–Trinajstić information content (AvgIpc) is 2.83. The molecule has 21 heavy (non-hydrogen) atoms. The third-order valence-electron chi connectivity index (χ3n) is 4.10. The van der Waals surface area contributed by atoms with Crippen LogP contribution in [0.1, 0.15) is 11.3 Å². The van der Waals surface area contributed by atoms with E-state index in [1.165, 1.54) is 6.33 Å². The van der Waals surface area contributed by atoms with Gasteiger partial charge in [-0.3, -0.25) is 4.79 Å². The summed E-state index contributed by atoms with van der Waals surface area (Å²) < 4.78 is 0.290. The zero-order chi connectivity index (χ0) is 15.6. The van der Waals surface area contributed by atoms with Crippen molar-refractivity contribution in [1.29, 1.82) is 0 Å². The summed E-state index contributed by atoms with van der Waals surface area (Å²) in [5.74, 6) is 0. The molecule has 1 aliphatic rings. The quantitative estimate of drug-likeness (QED) is 0.478. The van der Waals surface area contributed by atoms with Crippen molar-refractivity contribution in [2.45, 2.75) is 18.6 Å². The van der Waals surface area contributed by atoms with Gasteiger partial charge in [0.05, 0.1) is 39.3 Å². The van der Waals surface area contributed by atoms with Crippen LogP contribution in [0.5, 0.6) is 0 Å². The van der Waals surface area contributed by atoms with Gasteiger partial charge in [0, 0.05) is 11.1 Å². The van der Waals surface area contributed by atoms with Crippen LogP contribution in [0.15, 0.2) is 17.2 Å². The molecule has 1 aromatic heterocycles. The van der Waals surface area contributed by atoms with E-state index in [-0.39, 0.29) is 16.6 Å². The first-order valence-electron chi connectivity index (χ1n) is 6.89. The lowest BCUT2D eigenvalue weighted by atomic mass is 10.1. The highest BCUT2D eigenvalue weighted by molar-refractivity contribution is 5.70. The molecule has 2 atom stereocenters. The number of rotatable bonds is 6. The normalized spacial score (nSPS) is 17.3. The molecule has 1 aliphatic carbocycles. The predicted molar refractivity (Wildman–Crippen MR) is 77.5 cm³/mol. The number of H-pyrrole nitrogens is 1.